The Balaban J connectivity index is 0. The third-order valence-electron chi connectivity index (χ3n) is 0. The Morgan fingerprint density at radius 1 is 1.25 bits per heavy atom. The van der Waals surface area contributed by atoms with Crippen LogP contribution in [-0.2, 0) is 19.8 Å². The third-order valence-corrected chi connectivity index (χ3v) is 0. The van der Waals surface area contributed by atoms with Crippen molar-refractivity contribution in [1.29, 1.82) is 0 Å². The van der Waals surface area contributed by atoms with E-state index >= 15 is 0 Å². The van der Waals surface area contributed by atoms with E-state index in [1.165, 1.54) is 0 Å². The average molecular weight is 236 g/mol. The van der Waals surface area contributed by atoms with Crippen LogP contribution in [0.25, 0.3) is 0 Å². The van der Waals surface area contributed by atoms with E-state index in [-0.39, 0.29) is 19.8 Å². The molecule has 0 saturated carbocycles. The van der Waals surface area contributed by atoms with Gasteiger partial charge in [-0.15, -0.1) is 0 Å². The summed E-state index contributed by atoms with van der Waals surface area (Å²) in [5, 5.41) is 14.2. The molecule has 0 spiro atoms. The topological polar surface area (TPSA) is 40.5 Å². The first-order valence-electron chi connectivity index (χ1n) is 0.632. The van der Waals surface area contributed by atoms with Gasteiger partial charge in [0.2, 0.25) is 0 Å². The summed E-state index contributed by atoms with van der Waals surface area (Å²) in [6.45, 7) is 0. The molecule has 2 N–H and O–H groups in total. The van der Waals surface area contributed by atoms with Gasteiger partial charge in [0.1, 0.15) is 0 Å². The first kappa shape index (κ1) is 8.82. The Morgan fingerprint density at radius 3 is 1.25 bits per heavy atom. The second kappa shape index (κ2) is 9.47. The second-order valence-corrected chi connectivity index (χ2v) is 0.141. The summed E-state index contributed by atoms with van der Waals surface area (Å²) >= 11 is 0. The first-order valence-corrected chi connectivity index (χ1v) is 0.632. The van der Waals surface area contributed by atoms with Crippen molar-refractivity contribution in [2.24, 2.45) is 0 Å². The summed E-state index contributed by atoms with van der Waals surface area (Å²) < 4.78 is 0. The fourth-order valence-electron chi connectivity index (χ4n) is 0. The van der Waals surface area contributed by atoms with E-state index < -0.39 is 7.69 Å². The Hall–Kier alpha value is 0.621. The molecule has 0 aromatic carbocycles. The van der Waals surface area contributed by atoms with Crippen LogP contribution in [0.4, 0.5) is 0 Å². The molecule has 0 fully saturated rings. The molecule has 0 rings (SSSR count). The van der Waals surface area contributed by atoms with Crippen molar-refractivity contribution in [2.45, 2.75) is 0 Å². The summed E-state index contributed by atoms with van der Waals surface area (Å²) in [6.07, 6.45) is 0. The molecule has 0 saturated heterocycles. The summed E-state index contributed by atoms with van der Waals surface area (Å²) in [5.74, 6) is 0. The van der Waals surface area contributed by atoms with E-state index in [0.717, 1.165) is 0 Å². The van der Waals surface area contributed by atoms with Crippen LogP contribution in [0.1, 0.15) is 0 Å². The molecule has 0 bridgehead atoms. The van der Waals surface area contributed by atoms with Crippen molar-refractivity contribution in [3.05, 3.63) is 0 Å². The van der Waals surface area contributed by atoms with Crippen molar-refractivity contribution in [3.8, 4) is 0 Å². The minimum atomic E-state index is -0.750. The minimum Gasteiger partial charge on any atom is -0.430 e. The van der Waals surface area contributed by atoms with Crippen LogP contribution in [0.3, 0.4) is 0 Å². The molecule has 0 aliphatic heterocycles. The van der Waals surface area contributed by atoms with E-state index in [9.17, 15) is 0 Å². The van der Waals surface area contributed by atoms with Crippen molar-refractivity contribution in [3.63, 3.8) is 0 Å². The van der Waals surface area contributed by atoms with Crippen LogP contribution in [0.5, 0.6) is 0 Å². The van der Waals surface area contributed by atoms with Gasteiger partial charge in [0, 0.05) is 19.8 Å². The van der Waals surface area contributed by atoms with Crippen molar-refractivity contribution in [2.75, 3.05) is 0 Å². The maximum atomic E-state index is 7.12. The predicted octanol–water partition coefficient (Wildman–Crippen LogP) is -1.77. The van der Waals surface area contributed by atoms with Gasteiger partial charge in [-0.1, -0.05) is 0 Å². The van der Waals surface area contributed by atoms with E-state index in [4.69, 9.17) is 10.0 Å². The largest absolute Gasteiger partial charge is 0.432 e. The van der Waals surface area contributed by atoms with E-state index in [0.29, 0.717) is 0 Å². The first-order chi connectivity index (χ1) is 1.41. The molecule has 0 unspecified atom stereocenters. The molecule has 0 aliphatic carbocycles. The van der Waals surface area contributed by atoms with Crippen LogP contribution < -0.4 is 0 Å². The molecule has 4 heteroatoms. The fourth-order valence-corrected chi connectivity index (χ4v) is 0. The van der Waals surface area contributed by atoms with E-state index in [2.05, 4.69) is 0 Å². The van der Waals surface area contributed by atoms with E-state index in [1.54, 1.807) is 0 Å². The van der Waals surface area contributed by atoms with Gasteiger partial charge >= 0.3 is 7.69 Å². The van der Waals surface area contributed by atoms with Crippen LogP contribution in [0, 0.1) is 0 Å². The molecule has 0 aromatic rings. The van der Waals surface area contributed by atoms with Gasteiger partial charge in [-0.25, -0.2) is 0 Å². The zero-order valence-corrected chi connectivity index (χ0v) is 4.50. The van der Waals surface area contributed by atoms with Crippen LogP contribution in [-0.4, -0.2) is 17.7 Å². The molecular formula is H3BO2Os. The molecular weight excluding hydrogens is 233 g/mol. The Labute approximate surface area is 38.2 Å². The molecule has 0 amide bonds. The predicted molar refractivity (Wildman–Crippen MR) is 11.6 cm³/mol. The van der Waals surface area contributed by atoms with Gasteiger partial charge in [-0.05, 0) is 0 Å². The number of hydrogen-bond acceptors (Lipinski definition) is 2. The maximum Gasteiger partial charge on any atom is 0.432 e. The van der Waals surface area contributed by atoms with Gasteiger partial charge in [0.25, 0.3) is 0 Å². The van der Waals surface area contributed by atoms with Gasteiger partial charge in [-0.3, -0.25) is 0 Å². The zero-order chi connectivity index (χ0) is 2.71. The second-order valence-electron chi connectivity index (χ2n) is 0.141. The molecule has 26 valence electrons. The van der Waals surface area contributed by atoms with Gasteiger partial charge in [0.15, 0.2) is 0 Å². The van der Waals surface area contributed by atoms with Crippen molar-refractivity contribution >= 4 is 7.69 Å². The molecule has 0 radical (unpaired) electrons. The Kier molecular flexibility index (Phi) is 20.9. The van der Waals surface area contributed by atoms with Gasteiger partial charge in [0.05, 0.1) is 0 Å². The summed E-state index contributed by atoms with van der Waals surface area (Å²) in [6, 6.07) is 0. The molecule has 2 nitrogen and oxygen atoms in total. The average Bonchev–Trinajstić information content (AvgIpc) is 0.918. The van der Waals surface area contributed by atoms with E-state index in [1.807, 2.05) is 0 Å². The number of hydrogen-bond donors (Lipinski definition) is 2. The fraction of sp³-hybridized carbons (Fsp3) is 0. The Morgan fingerprint density at radius 2 is 1.25 bits per heavy atom. The third kappa shape index (κ3) is 17.9. The number of rotatable bonds is 0. The van der Waals surface area contributed by atoms with Gasteiger partial charge < -0.3 is 10.0 Å². The molecule has 0 aliphatic rings. The smallest absolute Gasteiger partial charge is 0.430 e. The Bertz CT molecular complexity index is 6.00. The summed E-state index contributed by atoms with van der Waals surface area (Å²) in [7, 11) is -0.750. The van der Waals surface area contributed by atoms with Crippen LogP contribution in [0.15, 0.2) is 0 Å². The standard InChI is InChI=1S/BH3O2.Os/c2-1-3;/h1-3H;. The van der Waals surface area contributed by atoms with Crippen LogP contribution >= 0.6 is 0 Å². The SMILES string of the molecule is OBO.[Os]. The van der Waals surface area contributed by atoms with Crippen molar-refractivity contribution in [1.82, 2.24) is 0 Å². The summed E-state index contributed by atoms with van der Waals surface area (Å²) in [4.78, 5) is 0. The van der Waals surface area contributed by atoms with Crippen LogP contribution in [0.2, 0.25) is 0 Å². The van der Waals surface area contributed by atoms with Gasteiger partial charge in [-0.2, -0.15) is 0 Å². The normalized spacial score (nSPS) is 3.50. The zero-order valence-electron chi connectivity index (χ0n) is 1.96. The molecule has 0 aromatic heterocycles. The minimum absolute atomic E-state index is 0. The summed E-state index contributed by atoms with van der Waals surface area (Å²) in [5.41, 5.74) is 0. The monoisotopic (exact) mass is 238 g/mol. The molecule has 0 atom stereocenters. The van der Waals surface area contributed by atoms with Crippen molar-refractivity contribution < 1.29 is 29.8 Å². The quantitative estimate of drug-likeness (QED) is 0.489. The maximum absolute atomic E-state index is 7.12. The molecule has 4 heavy (non-hydrogen) atoms. The molecule has 0 heterocycles.